The van der Waals surface area contributed by atoms with Gasteiger partial charge in [-0.3, -0.25) is 4.98 Å². The number of piperidine rings is 1. The van der Waals surface area contributed by atoms with E-state index in [-0.39, 0.29) is 11.9 Å². The van der Waals surface area contributed by atoms with E-state index in [1.807, 2.05) is 25.7 Å². The fourth-order valence-corrected chi connectivity index (χ4v) is 4.16. The van der Waals surface area contributed by atoms with Gasteiger partial charge in [0.15, 0.2) is 6.23 Å². The molecular weight excluding hydrogens is 505 g/mol. The van der Waals surface area contributed by atoms with Crippen molar-refractivity contribution in [1.82, 2.24) is 10.3 Å². The number of nitrogens with zero attached hydrogens (tertiary/aromatic N) is 2. The maximum atomic E-state index is 13.5. The smallest absolute Gasteiger partial charge is 0.407 e. The van der Waals surface area contributed by atoms with E-state index >= 15 is 0 Å². The molecule has 4 rings (SSSR count). The fourth-order valence-electron chi connectivity index (χ4n) is 4.16. The monoisotopic (exact) mass is 537 g/mol. The van der Waals surface area contributed by atoms with Crippen molar-refractivity contribution in [3.8, 4) is 17.2 Å². The van der Waals surface area contributed by atoms with Gasteiger partial charge in [0.1, 0.15) is 28.7 Å². The summed E-state index contributed by atoms with van der Waals surface area (Å²) < 4.78 is 35.8. The van der Waals surface area contributed by atoms with Crippen molar-refractivity contribution < 1.29 is 32.9 Å². The molecule has 0 spiro atoms. The Hall–Kier alpha value is -4.34. The van der Waals surface area contributed by atoms with E-state index in [4.69, 9.17) is 18.9 Å². The van der Waals surface area contributed by atoms with Gasteiger partial charge in [-0.1, -0.05) is 6.07 Å². The summed E-state index contributed by atoms with van der Waals surface area (Å²) >= 11 is 0. The molecule has 1 aliphatic rings. The van der Waals surface area contributed by atoms with E-state index in [0.717, 1.165) is 0 Å². The minimum atomic E-state index is -0.618. The first-order valence-corrected chi connectivity index (χ1v) is 12.6. The maximum Gasteiger partial charge on any atom is 0.407 e. The second kappa shape index (κ2) is 12.0. The lowest BCUT2D eigenvalue weighted by molar-refractivity contribution is 0.0482. The van der Waals surface area contributed by atoms with E-state index in [1.165, 1.54) is 25.4 Å². The number of hydrogen-bond acceptors (Lipinski definition) is 8. The summed E-state index contributed by atoms with van der Waals surface area (Å²) in [4.78, 5) is 30.7. The molecule has 0 radical (unpaired) electrons. The Morgan fingerprint density at radius 3 is 2.44 bits per heavy atom. The molecule has 9 nitrogen and oxygen atoms in total. The molecule has 10 heteroatoms. The zero-order valence-corrected chi connectivity index (χ0v) is 22.3. The van der Waals surface area contributed by atoms with Crippen LogP contribution in [0.1, 0.15) is 44.0 Å². The number of aromatic nitrogens is 1. The predicted octanol–water partition coefficient (Wildman–Crippen LogP) is 5.70. The van der Waals surface area contributed by atoms with Gasteiger partial charge in [0.2, 0.25) is 0 Å². The first-order chi connectivity index (χ1) is 18.6. The summed E-state index contributed by atoms with van der Waals surface area (Å²) in [6, 6.07) is 14.4. The van der Waals surface area contributed by atoms with Crippen LogP contribution >= 0.6 is 0 Å². The van der Waals surface area contributed by atoms with Gasteiger partial charge in [-0.2, -0.15) is 0 Å². The molecule has 1 amide bonds. The van der Waals surface area contributed by atoms with Crippen molar-refractivity contribution in [3.63, 3.8) is 0 Å². The van der Waals surface area contributed by atoms with Crippen LogP contribution in [-0.4, -0.2) is 48.6 Å². The van der Waals surface area contributed by atoms with E-state index < -0.39 is 23.9 Å². The Morgan fingerprint density at radius 2 is 1.74 bits per heavy atom. The summed E-state index contributed by atoms with van der Waals surface area (Å²) in [6.07, 6.45) is 3.38. The number of ether oxygens (including phenoxy) is 4. The zero-order valence-electron chi connectivity index (χ0n) is 22.3. The van der Waals surface area contributed by atoms with Crippen molar-refractivity contribution in [2.75, 3.05) is 18.6 Å². The summed E-state index contributed by atoms with van der Waals surface area (Å²) in [5.74, 6) is 0.632. The highest BCUT2D eigenvalue weighted by molar-refractivity contribution is 5.90. The molecule has 0 bridgehead atoms. The van der Waals surface area contributed by atoms with Crippen LogP contribution in [0.3, 0.4) is 0 Å². The third-order valence-electron chi connectivity index (χ3n) is 5.85. The van der Waals surface area contributed by atoms with Crippen molar-refractivity contribution in [3.05, 3.63) is 78.4 Å². The minimum Gasteiger partial charge on any atom is -0.471 e. The molecule has 3 aromatic rings. The number of hydrogen-bond donors (Lipinski definition) is 1. The van der Waals surface area contributed by atoms with Crippen molar-refractivity contribution >= 4 is 17.7 Å². The summed E-state index contributed by atoms with van der Waals surface area (Å²) in [5, 5.41) is 2.93. The quantitative estimate of drug-likeness (QED) is 0.384. The van der Waals surface area contributed by atoms with E-state index in [0.29, 0.717) is 47.9 Å². The lowest BCUT2D eigenvalue weighted by Gasteiger charge is -2.41. The molecule has 1 saturated heterocycles. The number of rotatable bonds is 7. The van der Waals surface area contributed by atoms with Crippen LogP contribution in [-0.2, 0) is 9.47 Å². The van der Waals surface area contributed by atoms with Crippen LogP contribution in [0.4, 0.5) is 14.9 Å². The predicted molar refractivity (Wildman–Crippen MR) is 143 cm³/mol. The Labute approximate surface area is 226 Å². The van der Waals surface area contributed by atoms with Gasteiger partial charge in [-0.05, 0) is 69.7 Å². The van der Waals surface area contributed by atoms with Gasteiger partial charge in [0, 0.05) is 25.2 Å². The lowest BCUT2D eigenvalue weighted by Crippen LogP contribution is -2.54. The second-order valence-electron chi connectivity index (χ2n) is 10.1. The first-order valence-electron chi connectivity index (χ1n) is 12.6. The van der Waals surface area contributed by atoms with Gasteiger partial charge in [-0.15, -0.1) is 0 Å². The fraction of sp³-hybridized carbons (Fsp3) is 0.345. The van der Waals surface area contributed by atoms with Gasteiger partial charge in [-0.25, -0.2) is 14.0 Å². The van der Waals surface area contributed by atoms with Crippen LogP contribution in [0.15, 0.2) is 67.0 Å². The second-order valence-corrected chi connectivity index (χ2v) is 10.1. The third kappa shape index (κ3) is 7.83. The Kier molecular flexibility index (Phi) is 8.53. The number of nitrogens with one attached hydrogen (secondary N) is 1. The number of benzene rings is 2. The third-order valence-corrected chi connectivity index (χ3v) is 5.85. The van der Waals surface area contributed by atoms with Crippen LogP contribution in [0.5, 0.6) is 17.2 Å². The SMILES string of the molecule is COC(=O)c1cncc(N2CC(NC(=O)OC(C)(C)C)CCC2Oc2ccc(Oc3cccc(F)c3)cc2)c1. The summed E-state index contributed by atoms with van der Waals surface area (Å²) in [6.45, 7) is 5.82. The standard InChI is InChI=1S/C29H32FN3O6/c1-29(2,3)39-28(35)32-21-8-13-26(33(18-21)22-14-19(16-31-17-22)27(34)36-4)38-24-11-9-23(10-12-24)37-25-7-5-6-20(30)15-25/h5-7,9-12,14-17,21,26H,8,13,18H2,1-4H3,(H,32,35). The largest absolute Gasteiger partial charge is 0.471 e. The minimum absolute atomic E-state index is 0.219. The Balaban J connectivity index is 1.50. The number of amides is 1. The van der Waals surface area contributed by atoms with E-state index in [9.17, 15) is 14.0 Å². The molecule has 0 saturated carbocycles. The van der Waals surface area contributed by atoms with Crippen LogP contribution < -0.4 is 19.7 Å². The molecule has 2 heterocycles. The Morgan fingerprint density at radius 1 is 1.00 bits per heavy atom. The molecule has 2 atom stereocenters. The number of anilines is 1. The number of carbonyl (C=O) groups excluding carboxylic acids is 2. The van der Waals surface area contributed by atoms with E-state index in [1.54, 1.807) is 48.7 Å². The molecule has 1 aromatic heterocycles. The molecule has 0 aliphatic carbocycles. The summed E-state index contributed by atoms with van der Waals surface area (Å²) in [5.41, 5.74) is 0.326. The molecule has 2 aromatic carbocycles. The number of pyridine rings is 1. The molecule has 206 valence electrons. The van der Waals surface area contributed by atoms with Gasteiger partial charge >= 0.3 is 12.1 Å². The highest BCUT2D eigenvalue weighted by Crippen LogP contribution is 2.30. The first kappa shape index (κ1) is 27.7. The maximum absolute atomic E-state index is 13.5. The van der Waals surface area contributed by atoms with Crippen LogP contribution in [0.2, 0.25) is 0 Å². The number of carbonyl (C=O) groups is 2. The summed E-state index contributed by atoms with van der Waals surface area (Å²) in [7, 11) is 1.31. The molecule has 1 aliphatic heterocycles. The van der Waals surface area contributed by atoms with Gasteiger partial charge in [0.25, 0.3) is 0 Å². The molecule has 39 heavy (non-hydrogen) atoms. The van der Waals surface area contributed by atoms with Gasteiger partial charge < -0.3 is 29.2 Å². The highest BCUT2D eigenvalue weighted by Gasteiger charge is 2.32. The number of methoxy groups -OCH3 is 1. The lowest BCUT2D eigenvalue weighted by atomic mass is 10.0. The number of esters is 1. The van der Waals surface area contributed by atoms with Crippen molar-refractivity contribution in [2.45, 2.75) is 51.5 Å². The number of alkyl carbamates (subject to hydrolysis) is 1. The topological polar surface area (TPSA) is 99.2 Å². The Bertz CT molecular complexity index is 1290. The highest BCUT2D eigenvalue weighted by atomic mass is 19.1. The molecule has 1 N–H and O–H groups in total. The average molecular weight is 538 g/mol. The average Bonchev–Trinajstić information content (AvgIpc) is 2.89. The molecule has 2 unspecified atom stereocenters. The zero-order chi connectivity index (χ0) is 28.0. The van der Waals surface area contributed by atoms with E-state index in [2.05, 4.69) is 10.3 Å². The van der Waals surface area contributed by atoms with Crippen LogP contribution in [0.25, 0.3) is 0 Å². The molecule has 1 fully saturated rings. The number of halogens is 1. The van der Waals surface area contributed by atoms with Crippen LogP contribution in [0, 0.1) is 5.82 Å². The van der Waals surface area contributed by atoms with Crippen molar-refractivity contribution in [2.24, 2.45) is 0 Å². The van der Waals surface area contributed by atoms with Gasteiger partial charge in [0.05, 0.1) is 30.6 Å². The van der Waals surface area contributed by atoms with Crippen molar-refractivity contribution in [1.29, 1.82) is 0 Å². The molecular formula is C29H32FN3O6. The normalized spacial score (nSPS) is 17.2.